The minimum Gasteiger partial charge on any atom is -0.310 e. The van der Waals surface area contributed by atoms with E-state index in [1.54, 1.807) is 17.4 Å². The molecule has 1 saturated carbocycles. The van der Waals surface area contributed by atoms with Crippen LogP contribution in [0.2, 0.25) is 5.02 Å². The molecule has 1 aliphatic carbocycles. The molecule has 1 aromatic heterocycles. The van der Waals surface area contributed by atoms with Crippen LogP contribution in [0.1, 0.15) is 36.0 Å². The topological polar surface area (TPSA) is 67.1 Å². The first-order chi connectivity index (χ1) is 12.6. The molecule has 2 aromatic rings. The SMILES string of the molecule is C=C(c1cncnc1)c1c(Cl)cc(CNC2CC2)cc1N(N)CCCS. The Morgan fingerprint density at radius 3 is 2.73 bits per heavy atom. The van der Waals surface area contributed by atoms with E-state index < -0.39 is 0 Å². The van der Waals surface area contributed by atoms with E-state index >= 15 is 0 Å². The van der Waals surface area contributed by atoms with Gasteiger partial charge in [-0.2, -0.15) is 12.6 Å². The van der Waals surface area contributed by atoms with Gasteiger partial charge in [0.15, 0.2) is 0 Å². The molecule has 1 aliphatic rings. The van der Waals surface area contributed by atoms with E-state index in [4.69, 9.17) is 17.4 Å². The number of hydrazine groups is 1. The van der Waals surface area contributed by atoms with Gasteiger partial charge in [0.2, 0.25) is 0 Å². The van der Waals surface area contributed by atoms with Gasteiger partial charge in [-0.15, -0.1) is 0 Å². The monoisotopic (exact) mass is 389 g/mol. The number of nitrogens with two attached hydrogens (primary N) is 1. The molecule has 138 valence electrons. The maximum Gasteiger partial charge on any atom is 0.115 e. The first kappa shape index (κ1) is 19.2. The van der Waals surface area contributed by atoms with Gasteiger partial charge in [-0.3, -0.25) is 0 Å². The quantitative estimate of drug-likeness (QED) is 0.348. The Morgan fingerprint density at radius 1 is 1.35 bits per heavy atom. The maximum atomic E-state index is 6.66. The van der Waals surface area contributed by atoms with Gasteiger partial charge in [-0.1, -0.05) is 18.2 Å². The van der Waals surface area contributed by atoms with Gasteiger partial charge in [-0.05, 0) is 48.3 Å². The lowest BCUT2D eigenvalue weighted by Crippen LogP contribution is -2.33. The highest BCUT2D eigenvalue weighted by Crippen LogP contribution is 2.36. The van der Waals surface area contributed by atoms with Crippen LogP contribution in [-0.4, -0.2) is 28.3 Å². The number of halogens is 1. The van der Waals surface area contributed by atoms with Crippen LogP contribution in [0, 0.1) is 0 Å². The molecule has 26 heavy (non-hydrogen) atoms. The number of nitrogens with zero attached hydrogens (tertiary/aromatic N) is 3. The second kappa shape index (κ2) is 8.86. The molecular weight excluding hydrogens is 366 g/mol. The van der Waals surface area contributed by atoms with Gasteiger partial charge in [0.05, 0.1) is 10.7 Å². The number of thiol groups is 1. The van der Waals surface area contributed by atoms with Gasteiger partial charge >= 0.3 is 0 Å². The third kappa shape index (κ3) is 4.76. The number of rotatable bonds is 9. The Bertz CT molecular complexity index is 764. The lowest BCUT2D eigenvalue weighted by atomic mass is 9.97. The minimum atomic E-state index is 0.630. The smallest absolute Gasteiger partial charge is 0.115 e. The molecule has 0 atom stereocenters. The lowest BCUT2D eigenvalue weighted by Gasteiger charge is -2.24. The highest BCUT2D eigenvalue weighted by atomic mass is 35.5. The van der Waals surface area contributed by atoms with Crippen molar-refractivity contribution in [2.45, 2.75) is 31.8 Å². The second-order valence-electron chi connectivity index (χ2n) is 6.50. The number of benzene rings is 1. The predicted octanol–water partition coefficient (Wildman–Crippen LogP) is 3.44. The van der Waals surface area contributed by atoms with E-state index in [1.807, 2.05) is 6.07 Å². The van der Waals surface area contributed by atoms with Crippen molar-refractivity contribution in [3.63, 3.8) is 0 Å². The number of hydrogen-bond acceptors (Lipinski definition) is 6. The fourth-order valence-electron chi connectivity index (χ4n) is 2.78. The van der Waals surface area contributed by atoms with Crippen LogP contribution in [0.4, 0.5) is 5.69 Å². The summed E-state index contributed by atoms with van der Waals surface area (Å²) in [6.07, 6.45) is 8.32. The summed E-state index contributed by atoms with van der Waals surface area (Å²) >= 11 is 10.9. The maximum absolute atomic E-state index is 6.66. The highest BCUT2D eigenvalue weighted by Gasteiger charge is 2.21. The fourth-order valence-corrected chi connectivity index (χ4v) is 3.28. The summed E-state index contributed by atoms with van der Waals surface area (Å²) in [5.41, 5.74) is 4.37. The molecule has 0 radical (unpaired) electrons. The van der Waals surface area contributed by atoms with Gasteiger partial charge in [0.25, 0.3) is 0 Å². The summed E-state index contributed by atoms with van der Waals surface area (Å²) in [6, 6.07) is 4.70. The van der Waals surface area contributed by atoms with Crippen LogP contribution < -0.4 is 16.2 Å². The molecule has 0 saturated heterocycles. The number of anilines is 1. The average Bonchev–Trinajstić information content (AvgIpc) is 3.48. The van der Waals surface area contributed by atoms with Gasteiger partial charge in [0.1, 0.15) is 6.33 Å². The summed E-state index contributed by atoms with van der Waals surface area (Å²) in [6.45, 7) is 5.68. The Labute approximate surface area is 165 Å². The van der Waals surface area contributed by atoms with Crippen molar-refractivity contribution in [1.82, 2.24) is 15.3 Å². The van der Waals surface area contributed by atoms with Crippen molar-refractivity contribution in [3.05, 3.63) is 59.1 Å². The first-order valence-electron chi connectivity index (χ1n) is 8.73. The van der Waals surface area contributed by atoms with Crippen molar-refractivity contribution in [2.75, 3.05) is 17.3 Å². The molecule has 3 rings (SSSR count). The Morgan fingerprint density at radius 2 is 2.08 bits per heavy atom. The molecule has 0 aliphatic heterocycles. The molecule has 7 heteroatoms. The summed E-state index contributed by atoms with van der Waals surface area (Å²) in [7, 11) is 0. The first-order valence-corrected chi connectivity index (χ1v) is 9.74. The van der Waals surface area contributed by atoms with Gasteiger partial charge < -0.3 is 10.3 Å². The van der Waals surface area contributed by atoms with E-state index in [1.165, 1.54) is 19.2 Å². The normalized spacial score (nSPS) is 13.7. The van der Waals surface area contributed by atoms with E-state index in [-0.39, 0.29) is 0 Å². The van der Waals surface area contributed by atoms with Crippen LogP contribution in [0.15, 0.2) is 37.4 Å². The lowest BCUT2D eigenvalue weighted by molar-refractivity contribution is 0.687. The van der Waals surface area contributed by atoms with Crippen LogP contribution in [0.5, 0.6) is 0 Å². The number of aromatic nitrogens is 2. The number of nitrogens with one attached hydrogen (secondary N) is 1. The van der Waals surface area contributed by atoms with E-state index in [0.29, 0.717) is 17.6 Å². The van der Waals surface area contributed by atoms with Crippen molar-refractivity contribution in [2.24, 2.45) is 5.84 Å². The highest BCUT2D eigenvalue weighted by molar-refractivity contribution is 7.80. The Balaban J connectivity index is 1.95. The van der Waals surface area contributed by atoms with E-state index in [2.05, 4.69) is 40.6 Å². The van der Waals surface area contributed by atoms with Gasteiger partial charge in [0, 0.05) is 42.7 Å². The van der Waals surface area contributed by atoms with E-state index in [9.17, 15) is 0 Å². The summed E-state index contributed by atoms with van der Waals surface area (Å²) < 4.78 is 0. The molecule has 3 N–H and O–H groups in total. The summed E-state index contributed by atoms with van der Waals surface area (Å²) in [5, 5.41) is 5.88. The molecule has 5 nitrogen and oxygen atoms in total. The molecule has 0 bridgehead atoms. The third-order valence-electron chi connectivity index (χ3n) is 4.38. The van der Waals surface area contributed by atoms with Crippen LogP contribution in [0.3, 0.4) is 0 Å². The largest absolute Gasteiger partial charge is 0.310 e. The van der Waals surface area contributed by atoms with E-state index in [0.717, 1.165) is 46.7 Å². The Kier molecular flexibility index (Phi) is 6.53. The zero-order chi connectivity index (χ0) is 18.5. The molecule has 0 spiro atoms. The molecular formula is C19H24ClN5S. The molecule has 0 unspecified atom stereocenters. The van der Waals surface area contributed by atoms with Crippen molar-refractivity contribution >= 4 is 35.5 Å². The van der Waals surface area contributed by atoms with Crippen molar-refractivity contribution in [1.29, 1.82) is 0 Å². The summed E-state index contributed by atoms with van der Waals surface area (Å²) in [4.78, 5) is 8.16. The van der Waals surface area contributed by atoms with Gasteiger partial charge in [-0.25, -0.2) is 15.8 Å². The fraction of sp³-hybridized carbons (Fsp3) is 0.368. The van der Waals surface area contributed by atoms with Crippen molar-refractivity contribution in [3.8, 4) is 0 Å². The molecule has 1 heterocycles. The Hall–Kier alpha value is -1.60. The predicted molar refractivity (Wildman–Crippen MR) is 111 cm³/mol. The van der Waals surface area contributed by atoms with Crippen LogP contribution in [-0.2, 0) is 6.54 Å². The second-order valence-corrected chi connectivity index (χ2v) is 7.36. The minimum absolute atomic E-state index is 0.630. The molecule has 1 aromatic carbocycles. The summed E-state index contributed by atoms with van der Waals surface area (Å²) in [5.74, 6) is 7.12. The zero-order valence-corrected chi connectivity index (χ0v) is 16.3. The third-order valence-corrected chi connectivity index (χ3v) is 4.99. The molecule has 0 amide bonds. The zero-order valence-electron chi connectivity index (χ0n) is 14.7. The number of hydrogen-bond donors (Lipinski definition) is 3. The van der Waals surface area contributed by atoms with Crippen LogP contribution in [0.25, 0.3) is 5.57 Å². The average molecular weight is 390 g/mol. The van der Waals surface area contributed by atoms with Crippen LogP contribution >= 0.6 is 24.2 Å². The molecule has 1 fully saturated rings. The van der Waals surface area contributed by atoms with Crippen molar-refractivity contribution < 1.29 is 0 Å². The standard InChI is InChI=1S/C19H24ClN5S/c1-13(15-10-22-12-23-11-15)19-17(20)7-14(9-24-16-3-4-16)8-18(19)25(21)5-2-6-26/h7-8,10-12,16,24,26H,1-6,9,21H2.